The van der Waals surface area contributed by atoms with Crippen LogP contribution < -0.4 is 25.3 Å². The Hall–Kier alpha value is -8.32. The molecule has 0 fully saturated rings. The first-order valence-electron chi connectivity index (χ1n) is 17.5. The van der Waals surface area contributed by atoms with E-state index < -0.39 is 47.3 Å². The fourth-order valence-corrected chi connectivity index (χ4v) is 7.05. The van der Waals surface area contributed by atoms with Crippen molar-refractivity contribution in [3.05, 3.63) is 184 Å². The minimum atomic E-state index is -0.675. The summed E-state index contributed by atoms with van der Waals surface area (Å²) in [6.45, 7) is 0. The van der Waals surface area contributed by atoms with Gasteiger partial charge in [0.2, 0.25) is 0 Å². The third-order valence-corrected chi connectivity index (χ3v) is 9.85. The Morgan fingerprint density at radius 3 is 1.11 bits per heavy atom. The molecule has 3 aliphatic heterocycles. The van der Waals surface area contributed by atoms with Gasteiger partial charge in [-0.25, -0.2) is 14.7 Å². The lowest BCUT2D eigenvalue weighted by molar-refractivity contribution is 0.0910. The summed E-state index contributed by atoms with van der Waals surface area (Å²) in [5, 5.41) is 5.41. The molecule has 57 heavy (non-hydrogen) atoms. The molecule has 0 aliphatic carbocycles. The number of benzene rings is 6. The van der Waals surface area contributed by atoms with Crippen molar-refractivity contribution in [1.29, 1.82) is 0 Å². The van der Waals surface area contributed by atoms with Gasteiger partial charge in [-0.15, -0.1) is 0 Å². The topological polar surface area (TPSA) is 170 Å². The highest BCUT2D eigenvalue weighted by atomic mass is 16.2. The smallest absolute Gasteiger partial charge is 0.266 e. The van der Waals surface area contributed by atoms with Gasteiger partial charge in [-0.2, -0.15) is 0 Å². The number of anilines is 5. The lowest BCUT2D eigenvalue weighted by Crippen LogP contribution is -2.29. The van der Waals surface area contributed by atoms with Gasteiger partial charge in [0.05, 0.1) is 50.4 Å². The van der Waals surface area contributed by atoms with Crippen molar-refractivity contribution in [1.82, 2.24) is 0 Å². The Bertz CT molecular complexity index is 2800. The highest BCUT2D eigenvalue weighted by Crippen LogP contribution is 2.33. The minimum absolute atomic E-state index is 0.00170. The summed E-state index contributed by atoms with van der Waals surface area (Å²) in [5.41, 5.74) is 2.60. The van der Waals surface area contributed by atoms with E-state index in [2.05, 4.69) is 10.6 Å². The number of hydrogen-bond acceptors (Lipinski definition) is 8. The molecule has 3 heterocycles. The van der Waals surface area contributed by atoms with Crippen molar-refractivity contribution < 1.29 is 38.4 Å². The van der Waals surface area contributed by atoms with Gasteiger partial charge in [0.25, 0.3) is 47.3 Å². The van der Waals surface area contributed by atoms with Gasteiger partial charge in [-0.1, -0.05) is 36.4 Å². The van der Waals surface area contributed by atoms with Crippen LogP contribution in [-0.2, 0) is 0 Å². The van der Waals surface area contributed by atoms with Crippen LogP contribution in [0.2, 0.25) is 0 Å². The maximum absolute atomic E-state index is 13.6. The zero-order valence-electron chi connectivity index (χ0n) is 29.4. The lowest BCUT2D eigenvalue weighted by atomic mass is 10.0. The van der Waals surface area contributed by atoms with E-state index in [0.29, 0.717) is 11.4 Å². The van der Waals surface area contributed by atoms with Gasteiger partial charge in [0.1, 0.15) is 0 Å². The molecule has 0 spiro atoms. The molecule has 0 radical (unpaired) electrons. The van der Waals surface area contributed by atoms with Crippen LogP contribution in [0.15, 0.2) is 140 Å². The first kappa shape index (κ1) is 34.4. The summed E-state index contributed by atoms with van der Waals surface area (Å²) in [5.74, 6) is -4.43. The van der Waals surface area contributed by atoms with Gasteiger partial charge >= 0.3 is 0 Å². The van der Waals surface area contributed by atoms with Crippen molar-refractivity contribution in [3.8, 4) is 0 Å². The Balaban J connectivity index is 0.874. The van der Waals surface area contributed by atoms with Crippen LogP contribution in [0.25, 0.3) is 0 Å². The molecule has 8 amide bonds. The van der Waals surface area contributed by atoms with Crippen LogP contribution in [0.5, 0.6) is 0 Å². The first-order chi connectivity index (χ1) is 27.6. The average Bonchev–Trinajstić information content (AvgIpc) is 3.75. The third kappa shape index (κ3) is 5.65. The Morgan fingerprint density at radius 2 is 0.667 bits per heavy atom. The van der Waals surface area contributed by atoms with Crippen molar-refractivity contribution >= 4 is 75.7 Å². The molecule has 13 heteroatoms. The summed E-state index contributed by atoms with van der Waals surface area (Å²) < 4.78 is 0. The number of nitrogens with zero attached hydrogens (tertiary/aromatic N) is 3. The molecule has 2 N–H and O–H groups in total. The molecule has 0 bridgehead atoms. The standard InChI is InChI=1S/C44H25N5O8/c50-37(45-26-14-19-32-35(22-26)43(56)47(40(32)53)28-7-3-1-4-8-28)24-11-16-30(17-12-24)49-39(52)31-18-13-25(21-34(31)42(49)55)38(51)46-27-15-20-33-36(23-27)44(57)48(41(33)54)29-9-5-2-6-10-29/h1-23H,(H,45,50)(H,46,51). The predicted octanol–water partition coefficient (Wildman–Crippen LogP) is 6.59. The highest BCUT2D eigenvalue weighted by molar-refractivity contribution is 6.36. The molecule has 0 atom stereocenters. The van der Waals surface area contributed by atoms with Crippen molar-refractivity contribution in [2.75, 3.05) is 25.3 Å². The third-order valence-electron chi connectivity index (χ3n) is 9.85. The molecular formula is C44H25N5O8. The van der Waals surface area contributed by atoms with E-state index in [0.717, 1.165) is 14.7 Å². The number of carbonyl (C=O) groups is 8. The summed E-state index contributed by atoms with van der Waals surface area (Å²) in [6, 6.07) is 35.6. The summed E-state index contributed by atoms with van der Waals surface area (Å²) in [7, 11) is 0. The van der Waals surface area contributed by atoms with Gasteiger partial charge in [-0.05, 0) is 103 Å². The molecule has 0 saturated heterocycles. The second-order valence-electron chi connectivity index (χ2n) is 13.2. The minimum Gasteiger partial charge on any atom is -0.322 e. The normalized spacial score (nSPS) is 14.2. The first-order valence-corrected chi connectivity index (χ1v) is 17.5. The molecule has 6 aromatic rings. The van der Waals surface area contributed by atoms with Crippen LogP contribution in [0.1, 0.15) is 82.9 Å². The summed E-state index contributed by atoms with van der Waals surface area (Å²) in [4.78, 5) is 109. The fourth-order valence-electron chi connectivity index (χ4n) is 7.05. The Labute approximate surface area is 322 Å². The van der Waals surface area contributed by atoms with E-state index in [9.17, 15) is 38.4 Å². The van der Waals surface area contributed by atoms with Crippen LogP contribution in [0.3, 0.4) is 0 Å². The van der Waals surface area contributed by atoms with Gasteiger partial charge in [0, 0.05) is 22.5 Å². The average molecular weight is 752 g/mol. The van der Waals surface area contributed by atoms with E-state index in [4.69, 9.17) is 0 Å². The zero-order valence-corrected chi connectivity index (χ0v) is 29.4. The van der Waals surface area contributed by atoms with Crippen molar-refractivity contribution in [3.63, 3.8) is 0 Å². The predicted molar refractivity (Wildman–Crippen MR) is 208 cm³/mol. The van der Waals surface area contributed by atoms with E-state index in [1.165, 1.54) is 78.9 Å². The Kier molecular flexibility index (Phi) is 7.98. The second kappa shape index (κ2) is 13.2. The number of rotatable bonds is 7. The van der Waals surface area contributed by atoms with E-state index in [-0.39, 0.29) is 61.6 Å². The zero-order chi connectivity index (χ0) is 39.5. The Morgan fingerprint density at radius 1 is 0.333 bits per heavy atom. The van der Waals surface area contributed by atoms with Crippen LogP contribution in [0, 0.1) is 0 Å². The monoisotopic (exact) mass is 751 g/mol. The quantitative estimate of drug-likeness (QED) is 0.172. The molecule has 0 aromatic heterocycles. The van der Waals surface area contributed by atoms with E-state index >= 15 is 0 Å². The van der Waals surface area contributed by atoms with Gasteiger partial charge in [0.15, 0.2) is 0 Å². The molecule has 6 aromatic carbocycles. The van der Waals surface area contributed by atoms with E-state index in [1.54, 1.807) is 60.7 Å². The lowest BCUT2D eigenvalue weighted by Gasteiger charge is -2.14. The fraction of sp³-hybridized carbons (Fsp3) is 0. The summed E-state index contributed by atoms with van der Waals surface area (Å²) in [6.07, 6.45) is 0. The van der Waals surface area contributed by atoms with Crippen LogP contribution >= 0.6 is 0 Å². The molecule has 9 rings (SSSR count). The van der Waals surface area contributed by atoms with Gasteiger partial charge in [-0.3, -0.25) is 38.4 Å². The highest BCUT2D eigenvalue weighted by Gasteiger charge is 2.39. The molecular weight excluding hydrogens is 727 g/mol. The second-order valence-corrected chi connectivity index (χ2v) is 13.2. The number of carbonyl (C=O) groups excluding carboxylic acids is 8. The molecule has 13 nitrogen and oxygen atoms in total. The van der Waals surface area contributed by atoms with Crippen molar-refractivity contribution in [2.45, 2.75) is 0 Å². The molecule has 3 aliphatic rings. The SMILES string of the molecule is O=C(Nc1ccc2c(c1)C(=O)N(c1ccccc1)C2=O)c1ccc(N2C(=O)c3ccc(C(=O)Nc4ccc5c(c4)C(=O)N(c4ccccc4)C5=O)cc3C2=O)cc1. The number of imide groups is 3. The number of nitrogens with one attached hydrogen (secondary N) is 2. The van der Waals surface area contributed by atoms with Crippen molar-refractivity contribution in [2.24, 2.45) is 0 Å². The molecule has 274 valence electrons. The maximum Gasteiger partial charge on any atom is 0.266 e. The van der Waals surface area contributed by atoms with Crippen LogP contribution in [0.4, 0.5) is 28.4 Å². The largest absolute Gasteiger partial charge is 0.322 e. The molecule has 0 saturated carbocycles. The summed E-state index contributed by atoms with van der Waals surface area (Å²) >= 11 is 0. The van der Waals surface area contributed by atoms with Gasteiger partial charge < -0.3 is 10.6 Å². The number of hydrogen-bond donors (Lipinski definition) is 2. The maximum atomic E-state index is 13.6. The number of fused-ring (bicyclic) bond motifs is 3. The van der Waals surface area contributed by atoms with Crippen LogP contribution in [-0.4, -0.2) is 47.3 Å². The number of amides is 8. The molecule has 0 unspecified atom stereocenters. The van der Waals surface area contributed by atoms with E-state index in [1.807, 2.05) is 0 Å². The number of para-hydroxylation sites is 2.